The Kier molecular flexibility index (Phi) is 6.79. The highest BCUT2D eigenvalue weighted by molar-refractivity contribution is 5.76. The van der Waals surface area contributed by atoms with Gasteiger partial charge in [0.1, 0.15) is 11.5 Å². The summed E-state index contributed by atoms with van der Waals surface area (Å²) in [4.78, 5) is 4.89. The van der Waals surface area contributed by atoms with Crippen molar-refractivity contribution in [2.45, 2.75) is 52.7 Å². The summed E-state index contributed by atoms with van der Waals surface area (Å²) in [5.41, 5.74) is 4.60. The number of nitrogens with zero attached hydrogens (tertiary/aromatic N) is 2. The highest BCUT2D eigenvalue weighted by Crippen LogP contribution is 2.28. The molecule has 1 atom stereocenters. The predicted molar refractivity (Wildman–Crippen MR) is 131 cm³/mol. The lowest BCUT2D eigenvalue weighted by Gasteiger charge is -2.18. The van der Waals surface area contributed by atoms with Crippen LogP contribution in [0.3, 0.4) is 0 Å². The Morgan fingerprint density at radius 3 is 2.44 bits per heavy atom. The van der Waals surface area contributed by atoms with E-state index in [1.54, 1.807) is 0 Å². The van der Waals surface area contributed by atoms with E-state index in [1.165, 1.54) is 11.1 Å². The maximum Gasteiger partial charge on any atom is 0.153 e. The predicted octanol–water partition coefficient (Wildman–Crippen LogP) is 7.08. The van der Waals surface area contributed by atoms with Crippen molar-refractivity contribution in [1.29, 1.82) is 0 Å². The first kappa shape index (κ1) is 21.9. The maximum atomic E-state index is 6.22. The molecule has 0 radical (unpaired) electrons. The van der Waals surface area contributed by atoms with Crippen LogP contribution >= 0.6 is 0 Å². The van der Waals surface area contributed by atoms with Gasteiger partial charge in [0.2, 0.25) is 0 Å². The zero-order chi connectivity index (χ0) is 22.5. The number of hydrogen-bond donors (Lipinski definition) is 0. The molecule has 0 amide bonds. The molecule has 0 bridgehead atoms. The Morgan fingerprint density at radius 2 is 1.66 bits per heavy atom. The van der Waals surface area contributed by atoms with Crippen LogP contribution in [0.1, 0.15) is 56.2 Å². The lowest BCUT2D eigenvalue weighted by atomic mass is 10.0. The third-order valence-electron chi connectivity index (χ3n) is 5.68. The largest absolute Gasteiger partial charge is 0.493 e. The number of hydrogen-bond acceptors (Lipinski definition) is 3. The SMILES string of the molecule is Cc1ccc(C(C)C)c(OCCCn2c(C(C)Oc3ccccc3)nc3ccccc32)c1. The van der Waals surface area contributed by atoms with Crippen molar-refractivity contribution in [3.05, 3.63) is 89.7 Å². The van der Waals surface area contributed by atoms with Gasteiger partial charge in [-0.25, -0.2) is 4.98 Å². The third kappa shape index (κ3) is 4.96. The molecule has 4 heteroatoms. The number of rotatable bonds is 9. The molecule has 1 unspecified atom stereocenters. The van der Waals surface area contributed by atoms with Gasteiger partial charge in [-0.3, -0.25) is 0 Å². The van der Waals surface area contributed by atoms with Crippen LogP contribution < -0.4 is 9.47 Å². The Hall–Kier alpha value is -3.27. The molecule has 4 aromatic rings. The first-order valence-electron chi connectivity index (χ1n) is 11.4. The molecule has 0 aliphatic heterocycles. The van der Waals surface area contributed by atoms with Gasteiger partial charge in [-0.15, -0.1) is 0 Å². The molecule has 0 N–H and O–H groups in total. The van der Waals surface area contributed by atoms with Gasteiger partial charge in [0.05, 0.1) is 17.6 Å². The van der Waals surface area contributed by atoms with Crippen LogP contribution in [0.25, 0.3) is 11.0 Å². The van der Waals surface area contributed by atoms with Gasteiger partial charge < -0.3 is 14.0 Å². The maximum absolute atomic E-state index is 6.22. The summed E-state index contributed by atoms with van der Waals surface area (Å²) in [6.45, 7) is 10.0. The van der Waals surface area contributed by atoms with Crippen molar-refractivity contribution in [1.82, 2.24) is 9.55 Å². The van der Waals surface area contributed by atoms with Crippen LogP contribution in [-0.4, -0.2) is 16.2 Å². The molecule has 32 heavy (non-hydrogen) atoms. The summed E-state index contributed by atoms with van der Waals surface area (Å²) in [6.07, 6.45) is 0.728. The highest BCUT2D eigenvalue weighted by atomic mass is 16.5. The second kappa shape index (κ2) is 9.90. The number of aryl methyl sites for hydroxylation is 2. The van der Waals surface area contributed by atoms with E-state index in [1.807, 2.05) is 36.4 Å². The van der Waals surface area contributed by atoms with Crippen LogP contribution in [0.2, 0.25) is 0 Å². The molecule has 4 rings (SSSR count). The summed E-state index contributed by atoms with van der Waals surface area (Å²) in [5, 5.41) is 0. The topological polar surface area (TPSA) is 36.3 Å². The fourth-order valence-electron chi connectivity index (χ4n) is 4.04. The molecule has 0 aliphatic carbocycles. The molecule has 0 fully saturated rings. The first-order chi connectivity index (χ1) is 15.5. The molecule has 1 heterocycles. The van der Waals surface area contributed by atoms with E-state index in [4.69, 9.17) is 14.5 Å². The van der Waals surface area contributed by atoms with E-state index >= 15 is 0 Å². The Labute approximate surface area is 190 Å². The van der Waals surface area contributed by atoms with Crippen LogP contribution in [-0.2, 0) is 6.54 Å². The molecule has 0 spiro atoms. The average molecular weight is 429 g/mol. The van der Waals surface area contributed by atoms with Gasteiger partial charge in [0, 0.05) is 6.54 Å². The minimum absolute atomic E-state index is 0.157. The summed E-state index contributed by atoms with van der Waals surface area (Å²) in [7, 11) is 0. The van der Waals surface area contributed by atoms with Gasteiger partial charge in [-0.2, -0.15) is 0 Å². The number of fused-ring (bicyclic) bond motifs is 1. The second-order valence-corrected chi connectivity index (χ2v) is 8.58. The number of para-hydroxylation sites is 3. The second-order valence-electron chi connectivity index (χ2n) is 8.58. The number of aromatic nitrogens is 2. The zero-order valence-electron chi connectivity index (χ0n) is 19.4. The van der Waals surface area contributed by atoms with Crippen LogP contribution in [0.5, 0.6) is 11.5 Å². The van der Waals surface area contributed by atoms with Crippen molar-refractivity contribution in [3.8, 4) is 11.5 Å². The normalized spacial score (nSPS) is 12.3. The van der Waals surface area contributed by atoms with Crippen molar-refractivity contribution < 1.29 is 9.47 Å². The summed E-state index contributed by atoms with van der Waals surface area (Å²) in [5.74, 6) is 3.22. The van der Waals surface area contributed by atoms with Crippen molar-refractivity contribution in [3.63, 3.8) is 0 Å². The minimum atomic E-state index is -0.157. The summed E-state index contributed by atoms with van der Waals surface area (Å²) >= 11 is 0. The van der Waals surface area contributed by atoms with E-state index in [0.717, 1.165) is 41.3 Å². The standard InChI is InChI=1S/C28H32N2O2/c1-20(2)24-16-15-21(3)19-27(24)31-18-10-17-30-26-14-9-8-13-25(26)29-28(30)22(4)32-23-11-6-5-7-12-23/h5-9,11-16,19-20,22H,10,17-18H2,1-4H3. The minimum Gasteiger partial charge on any atom is -0.493 e. The van der Waals surface area contributed by atoms with Crippen molar-refractivity contribution >= 4 is 11.0 Å². The monoisotopic (exact) mass is 428 g/mol. The van der Waals surface area contributed by atoms with E-state index in [9.17, 15) is 0 Å². The first-order valence-corrected chi connectivity index (χ1v) is 11.4. The molecular formula is C28H32N2O2. The molecule has 166 valence electrons. The van der Waals surface area contributed by atoms with E-state index in [0.29, 0.717) is 12.5 Å². The molecular weight excluding hydrogens is 396 g/mol. The Balaban J connectivity index is 1.49. The van der Waals surface area contributed by atoms with E-state index in [2.05, 4.69) is 68.7 Å². The number of benzene rings is 3. The van der Waals surface area contributed by atoms with Crippen LogP contribution in [0, 0.1) is 6.92 Å². The summed E-state index contributed by atoms with van der Waals surface area (Å²) in [6, 6.07) is 24.7. The lowest BCUT2D eigenvalue weighted by Crippen LogP contribution is -2.14. The quantitative estimate of drug-likeness (QED) is 0.267. The van der Waals surface area contributed by atoms with Gasteiger partial charge >= 0.3 is 0 Å². The average Bonchev–Trinajstić information content (AvgIpc) is 3.16. The summed E-state index contributed by atoms with van der Waals surface area (Å²) < 4.78 is 14.7. The van der Waals surface area contributed by atoms with E-state index < -0.39 is 0 Å². The van der Waals surface area contributed by atoms with E-state index in [-0.39, 0.29) is 6.10 Å². The molecule has 0 saturated carbocycles. The smallest absolute Gasteiger partial charge is 0.153 e. The Morgan fingerprint density at radius 1 is 0.906 bits per heavy atom. The van der Waals surface area contributed by atoms with Crippen molar-refractivity contribution in [2.24, 2.45) is 0 Å². The fourth-order valence-corrected chi connectivity index (χ4v) is 4.04. The van der Waals surface area contributed by atoms with Gasteiger partial charge in [0.25, 0.3) is 0 Å². The van der Waals surface area contributed by atoms with Gasteiger partial charge in [-0.05, 0) is 67.6 Å². The highest BCUT2D eigenvalue weighted by Gasteiger charge is 2.18. The molecule has 0 saturated heterocycles. The number of imidazole rings is 1. The molecule has 0 aliphatic rings. The molecule has 4 nitrogen and oxygen atoms in total. The lowest BCUT2D eigenvalue weighted by molar-refractivity contribution is 0.210. The van der Waals surface area contributed by atoms with Gasteiger partial charge in [0.15, 0.2) is 11.9 Å². The van der Waals surface area contributed by atoms with Crippen molar-refractivity contribution in [2.75, 3.05) is 6.61 Å². The van der Waals surface area contributed by atoms with Crippen LogP contribution in [0.4, 0.5) is 0 Å². The number of ether oxygens (including phenoxy) is 2. The Bertz CT molecular complexity index is 1160. The zero-order valence-corrected chi connectivity index (χ0v) is 19.4. The molecule has 3 aromatic carbocycles. The fraction of sp³-hybridized carbons (Fsp3) is 0.321. The van der Waals surface area contributed by atoms with Gasteiger partial charge in [-0.1, -0.05) is 56.3 Å². The van der Waals surface area contributed by atoms with Crippen LogP contribution in [0.15, 0.2) is 72.8 Å². The third-order valence-corrected chi connectivity index (χ3v) is 5.68. The molecule has 1 aromatic heterocycles.